The topological polar surface area (TPSA) is 38.0 Å². The number of hydrogen-bond donors (Lipinski definition) is 2. The van der Waals surface area contributed by atoms with Gasteiger partial charge in [0.05, 0.1) is 6.04 Å². The maximum absolute atomic E-state index is 13.6. The zero-order valence-electron chi connectivity index (χ0n) is 9.91. The van der Waals surface area contributed by atoms with Crippen LogP contribution in [0.3, 0.4) is 0 Å². The molecule has 0 bridgehead atoms. The Kier molecular flexibility index (Phi) is 4.06. The number of nitrogens with two attached hydrogens (primary N) is 1. The van der Waals surface area contributed by atoms with Crippen molar-refractivity contribution < 1.29 is 8.78 Å². The zero-order valence-corrected chi connectivity index (χ0v) is 10.7. The minimum atomic E-state index is -0.570. The summed E-state index contributed by atoms with van der Waals surface area (Å²) in [5.74, 6) is 4.39. The zero-order chi connectivity index (χ0) is 13.1. The van der Waals surface area contributed by atoms with E-state index in [-0.39, 0.29) is 6.04 Å². The second-order valence-electron chi connectivity index (χ2n) is 4.15. The molecule has 96 valence electrons. The minimum absolute atomic E-state index is 0.171. The van der Waals surface area contributed by atoms with Crippen molar-refractivity contribution in [3.8, 4) is 0 Å². The third-order valence-corrected chi connectivity index (χ3v) is 3.67. The maximum Gasteiger partial charge on any atom is 0.129 e. The molecule has 0 amide bonds. The van der Waals surface area contributed by atoms with Crippen molar-refractivity contribution in [2.45, 2.75) is 19.4 Å². The van der Waals surface area contributed by atoms with Crippen molar-refractivity contribution in [1.29, 1.82) is 0 Å². The van der Waals surface area contributed by atoms with E-state index >= 15 is 0 Å². The molecule has 0 saturated heterocycles. The van der Waals surface area contributed by atoms with Crippen molar-refractivity contribution in [1.82, 2.24) is 5.43 Å². The Morgan fingerprint density at radius 2 is 2.11 bits per heavy atom. The van der Waals surface area contributed by atoms with Crippen molar-refractivity contribution in [3.05, 3.63) is 57.3 Å². The molecule has 0 aliphatic rings. The third-order valence-electron chi connectivity index (χ3n) is 2.79. The van der Waals surface area contributed by atoms with Crippen LogP contribution in [0.25, 0.3) is 0 Å². The smallest absolute Gasteiger partial charge is 0.129 e. The summed E-state index contributed by atoms with van der Waals surface area (Å²) < 4.78 is 26.4. The molecule has 2 rings (SSSR count). The van der Waals surface area contributed by atoms with E-state index in [2.05, 4.69) is 5.43 Å². The Morgan fingerprint density at radius 3 is 2.67 bits per heavy atom. The average Bonchev–Trinajstić information content (AvgIpc) is 2.75. The largest absolute Gasteiger partial charge is 0.271 e. The molecule has 0 spiro atoms. The van der Waals surface area contributed by atoms with Gasteiger partial charge >= 0.3 is 0 Å². The van der Waals surface area contributed by atoms with Crippen LogP contribution in [0, 0.1) is 18.6 Å². The Balaban J connectivity index is 2.20. The van der Waals surface area contributed by atoms with E-state index in [0.29, 0.717) is 12.0 Å². The number of thiophene rings is 1. The highest BCUT2D eigenvalue weighted by Gasteiger charge is 2.14. The lowest BCUT2D eigenvalue weighted by molar-refractivity contribution is 0.523. The van der Waals surface area contributed by atoms with Gasteiger partial charge in [-0.3, -0.25) is 11.3 Å². The Hall–Kier alpha value is -1.30. The molecular formula is C13H14F2N2S. The summed E-state index contributed by atoms with van der Waals surface area (Å²) in [7, 11) is 0. The molecule has 0 aliphatic carbocycles. The molecule has 0 radical (unpaired) electrons. The van der Waals surface area contributed by atoms with E-state index in [1.54, 1.807) is 11.3 Å². The first-order valence-electron chi connectivity index (χ1n) is 5.55. The first-order valence-corrected chi connectivity index (χ1v) is 6.43. The highest BCUT2D eigenvalue weighted by molar-refractivity contribution is 7.10. The van der Waals surface area contributed by atoms with Crippen LogP contribution in [0.5, 0.6) is 0 Å². The highest BCUT2D eigenvalue weighted by Crippen LogP contribution is 2.24. The van der Waals surface area contributed by atoms with Gasteiger partial charge in [0.25, 0.3) is 0 Å². The summed E-state index contributed by atoms with van der Waals surface area (Å²) in [5, 5.41) is 1.99. The van der Waals surface area contributed by atoms with E-state index in [1.807, 2.05) is 18.4 Å². The first kappa shape index (κ1) is 13.1. The molecule has 1 aromatic heterocycles. The molecule has 0 saturated carbocycles. The van der Waals surface area contributed by atoms with Crippen LogP contribution >= 0.6 is 11.3 Å². The van der Waals surface area contributed by atoms with Crippen LogP contribution in [0.1, 0.15) is 22.0 Å². The number of benzene rings is 1. The monoisotopic (exact) mass is 268 g/mol. The number of halogens is 2. The lowest BCUT2D eigenvalue weighted by Crippen LogP contribution is -2.29. The van der Waals surface area contributed by atoms with E-state index in [1.165, 1.54) is 17.0 Å². The molecule has 0 aliphatic heterocycles. The van der Waals surface area contributed by atoms with Crippen molar-refractivity contribution >= 4 is 11.3 Å². The standard InChI is InChI=1S/C13H14F2N2S/c1-8-4-10(7-18-8)13(17-16)5-9-2-3-11(14)6-12(9)15/h2-4,6-7,13,17H,5,16H2,1H3. The number of hydrazine groups is 1. The Labute approximate surface area is 108 Å². The second-order valence-corrected chi connectivity index (χ2v) is 5.27. The lowest BCUT2D eigenvalue weighted by atomic mass is 10.0. The predicted molar refractivity (Wildman–Crippen MR) is 69.2 cm³/mol. The average molecular weight is 268 g/mol. The predicted octanol–water partition coefficient (Wildman–Crippen LogP) is 3.08. The molecular weight excluding hydrogens is 254 g/mol. The van der Waals surface area contributed by atoms with E-state index in [9.17, 15) is 8.78 Å². The van der Waals surface area contributed by atoms with E-state index in [0.717, 1.165) is 11.6 Å². The van der Waals surface area contributed by atoms with Crippen LogP contribution in [-0.4, -0.2) is 0 Å². The summed E-state index contributed by atoms with van der Waals surface area (Å²) in [6.45, 7) is 2.00. The third kappa shape index (κ3) is 2.93. The highest BCUT2D eigenvalue weighted by atomic mass is 32.1. The number of rotatable bonds is 4. The molecule has 1 unspecified atom stereocenters. The van der Waals surface area contributed by atoms with Crippen LogP contribution < -0.4 is 11.3 Å². The lowest BCUT2D eigenvalue weighted by Gasteiger charge is -2.15. The van der Waals surface area contributed by atoms with Gasteiger partial charge in [-0.15, -0.1) is 11.3 Å². The second kappa shape index (κ2) is 5.56. The molecule has 3 N–H and O–H groups in total. The van der Waals surface area contributed by atoms with Gasteiger partial charge in [0.2, 0.25) is 0 Å². The fraction of sp³-hybridized carbons (Fsp3) is 0.231. The van der Waals surface area contributed by atoms with Gasteiger partial charge in [-0.1, -0.05) is 6.07 Å². The molecule has 18 heavy (non-hydrogen) atoms. The van der Waals surface area contributed by atoms with Gasteiger partial charge < -0.3 is 0 Å². The number of hydrogen-bond acceptors (Lipinski definition) is 3. The first-order chi connectivity index (χ1) is 8.60. The fourth-order valence-corrected chi connectivity index (χ4v) is 2.59. The summed E-state index contributed by atoms with van der Waals surface area (Å²) in [4.78, 5) is 1.17. The van der Waals surface area contributed by atoms with Crippen LogP contribution in [0.4, 0.5) is 8.78 Å². The quantitative estimate of drug-likeness (QED) is 0.660. The summed E-state index contributed by atoms with van der Waals surface area (Å²) in [5.41, 5.74) is 4.13. The van der Waals surface area contributed by atoms with Crippen molar-refractivity contribution in [2.24, 2.45) is 5.84 Å². The van der Waals surface area contributed by atoms with Gasteiger partial charge in [-0.25, -0.2) is 8.78 Å². The van der Waals surface area contributed by atoms with Crippen LogP contribution in [0.2, 0.25) is 0 Å². The minimum Gasteiger partial charge on any atom is -0.271 e. The summed E-state index contributed by atoms with van der Waals surface area (Å²) >= 11 is 1.62. The summed E-state index contributed by atoms with van der Waals surface area (Å²) in [6.07, 6.45) is 0.388. The summed E-state index contributed by atoms with van der Waals surface area (Å²) in [6, 6.07) is 5.44. The van der Waals surface area contributed by atoms with Gasteiger partial charge in [-0.2, -0.15) is 0 Å². The molecule has 1 atom stereocenters. The van der Waals surface area contributed by atoms with Crippen LogP contribution in [0.15, 0.2) is 29.6 Å². The maximum atomic E-state index is 13.6. The van der Waals surface area contributed by atoms with Gasteiger partial charge in [0.1, 0.15) is 11.6 Å². The molecule has 1 aromatic carbocycles. The Bertz CT molecular complexity index is 540. The van der Waals surface area contributed by atoms with Crippen molar-refractivity contribution in [3.63, 3.8) is 0 Å². The SMILES string of the molecule is Cc1cc(C(Cc2ccc(F)cc2F)NN)cs1. The Morgan fingerprint density at radius 1 is 1.33 bits per heavy atom. The van der Waals surface area contributed by atoms with Gasteiger partial charge in [0, 0.05) is 10.9 Å². The molecule has 5 heteroatoms. The number of aryl methyl sites for hydroxylation is 1. The van der Waals surface area contributed by atoms with Crippen LogP contribution in [-0.2, 0) is 6.42 Å². The van der Waals surface area contributed by atoms with E-state index < -0.39 is 11.6 Å². The fourth-order valence-electron chi connectivity index (χ4n) is 1.83. The van der Waals surface area contributed by atoms with Gasteiger partial charge in [0.15, 0.2) is 0 Å². The molecule has 1 heterocycles. The molecule has 2 aromatic rings. The van der Waals surface area contributed by atoms with Gasteiger partial charge in [-0.05, 0) is 42.0 Å². The number of nitrogens with one attached hydrogen (secondary N) is 1. The van der Waals surface area contributed by atoms with E-state index in [4.69, 9.17) is 5.84 Å². The molecule has 0 fully saturated rings. The van der Waals surface area contributed by atoms with Crippen molar-refractivity contribution in [2.75, 3.05) is 0 Å². The normalized spacial score (nSPS) is 12.7. The molecule has 2 nitrogen and oxygen atoms in total.